The summed E-state index contributed by atoms with van der Waals surface area (Å²) in [5, 5.41) is 0. The Bertz CT molecular complexity index is 573. The highest BCUT2D eigenvalue weighted by atomic mass is 14.8. The molecule has 0 aromatic carbocycles. The van der Waals surface area contributed by atoms with Gasteiger partial charge in [0.1, 0.15) is 0 Å². The smallest absolute Gasteiger partial charge is 0.0882 e. The third-order valence-electron chi connectivity index (χ3n) is 2.63. The van der Waals surface area contributed by atoms with Gasteiger partial charge in [0.25, 0.3) is 0 Å². The molecule has 0 fully saturated rings. The van der Waals surface area contributed by atoms with E-state index in [1.165, 1.54) is 0 Å². The summed E-state index contributed by atoms with van der Waals surface area (Å²) in [6.07, 6.45) is 13.0. The van der Waals surface area contributed by atoms with Crippen LogP contribution in [-0.4, -0.2) is 10.7 Å². The number of pyridine rings is 1. The van der Waals surface area contributed by atoms with Crippen molar-refractivity contribution < 1.29 is 0 Å². The Morgan fingerprint density at radius 3 is 2.60 bits per heavy atom. The van der Waals surface area contributed by atoms with E-state index < -0.39 is 0 Å². The van der Waals surface area contributed by atoms with Gasteiger partial charge < -0.3 is 0 Å². The molecule has 1 aromatic heterocycles. The second-order valence-corrected chi connectivity index (χ2v) is 4.06. The van der Waals surface area contributed by atoms with Crippen LogP contribution in [0.4, 0.5) is 0 Å². The Labute approximate surface area is 121 Å². The highest BCUT2D eigenvalue weighted by Crippen LogP contribution is 2.15. The van der Waals surface area contributed by atoms with E-state index in [0.29, 0.717) is 0 Å². The number of allylic oxidation sites excluding steroid dienone is 7. The molecule has 2 heteroatoms. The van der Waals surface area contributed by atoms with Crippen LogP contribution >= 0.6 is 0 Å². The number of hydrogen-bond acceptors (Lipinski definition) is 2. The van der Waals surface area contributed by atoms with E-state index in [4.69, 9.17) is 0 Å². The van der Waals surface area contributed by atoms with E-state index in [1.807, 2.05) is 56.4 Å². The number of rotatable bonds is 6. The monoisotopic (exact) mass is 264 g/mol. The lowest BCUT2D eigenvalue weighted by molar-refractivity contribution is 1.25. The molecule has 0 atom stereocenters. The molecule has 0 saturated carbocycles. The molecule has 0 aliphatic carbocycles. The molecule has 0 aliphatic heterocycles. The van der Waals surface area contributed by atoms with Crippen molar-refractivity contribution in [1.82, 2.24) is 4.98 Å². The van der Waals surface area contributed by atoms with E-state index >= 15 is 0 Å². The summed E-state index contributed by atoms with van der Waals surface area (Å²) in [7, 11) is 0. The maximum absolute atomic E-state index is 4.63. The van der Waals surface area contributed by atoms with Gasteiger partial charge in [0.15, 0.2) is 0 Å². The molecule has 0 aliphatic rings. The van der Waals surface area contributed by atoms with E-state index in [1.54, 1.807) is 18.3 Å². The van der Waals surface area contributed by atoms with Crippen molar-refractivity contribution in [3.63, 3.8) is 0 Å². The first-order chi connectivity index (χ1) is 9.72. The fourth-order valence-electron chi connectivity index (χ4n) is 1.57. The lowest BCUT2D eigenvalue weighted by Crippen LogP contribution is -1.97. The zero-order valence-electron chi connectivity index (χ0n) is 12.1. The molecule has 2 nitrogen and oxygen atoms in total. The molecule has 0 N–H and O–H groups in total. The highest BCUT2D eigenvalue weighted by molar-refractivity contribution is 6.10. The predicted octanol–water partition coefficient (Wildman–Crippen LogP) is 4.76. The fraction of sp³-hybridized carbons (Fsp3) is 0.111. The molecule has 0 radical (unpaired) electrons. The quantitative estimate of drug-likeness (QED) is 0.537. The summed E-state index contributed by atoms with van der Waals surface area (Å²) in [5.41, 5.74) is 3.55. The summed E-state index contributed by atoms with van der Waals surface area (Å²) in [5.74, 6) is 0. The Balaban J connectivity index is 3.10. The van der Waals surface area contributed by atoms with Gasteiger partial charge in [-0.3, -0.25) is 4.98 Å². The van der Waals surface area contributed by atoms with Crippen molar-refractivity contribution in [2.75, 3.05) is 0 Å². The van der Waals surface area contributed by atoms with Gasteiger partial charge in [0, 0.05) is 6.20 Å². The lowest BCUT2D eigenvalue weighted by atomic mass is 10.1. The van der Waals surface area contributed by atoms with Gasteiger partial charge in [-0.1, -0.05) is 49.6 Å². The SMILES string of the molecule is C=C\C=C/C=C(C)/C(C=C)=N\C(=C/C)c1ccccn1. The summed E-state index contributed by atoms with van der Waals surface area (Å²) < 4.78 is 0. The topological polar surface area (TPSA) is 25.2 Å². The summed E-state index contributed by atoms with van der Waals surface area (Å²) in [4.78, 5) is 8.95. The van der Waals surface area contributed by atoms with Crippen LogP contribution in [0, 0.1) is 0 Å². The maximum atomic E-state index is 4.63. The normalized spacial score (nSPS) is 13.6. The number of nitrogens with zero attached hydrogens (tertiary/aromatic N) is 2. The molecule has 0 unspecified atom stereocenters. The van der Waals surface area contributed by atoms with Gasteiger partial charge in [-0.2, -0.15) is 0 Å². The maximum Gasteiger partial charge on any atom is 0.0882 e. The molecule has 1 aromatic rings. The van der Waals surface area contributed by atoms with Crippen LogP contribution in [0.3, 0.4) is 0 Å². The third-order valence-corrected chi connectivity index (χ3v) is 2.63. The molecule has 1 heterocycles. The van der Waals surface area contributed by atoms with Crippen molar-refractivity contribution in [3.8, 4) is 0 Å². The molecule has 0 amide bonds. The van der Waals surface area contributed by atoms with Gasteiger partial charge in [0.05, 0.1) is 17.1 Å². The number of aromatic nitrogens is 1. The average molecular weight is 264 g/mol. The van der Waals surface area contributed by atoms with Gasteiger partial charge in [-0.05, 0) is 37.6 Å². The van der Waals surface area contributed by atoms with E-state index in [9.17, 15) is 0 Å². The second kappa shape index (κ2) is 8.59. The van der Waals surface area contributed by atoms with Crippen LogP contribution in [-0.2, 0) is 0 Å². The van der Waals surface area contributed by atoms with Crippen LogP contribution in [0.2, 0.25) is 0 Å². The molecule has 0 spiro atoms. The Morgan fingerprint density at radius 2 is 2.05 bits per heavy atom. The minimum Gasteiger partial charge on any atom is -0.255 e. The standard InChI is InChI=1S/C18H20N2/c1-5-8-9-12-15(4)16(6-2)20-17(7-3)18-13-10-11-14-19-18/h5-14H,1-2H2,3-4H3/b9-8-,15-12+,17-7-,20-16-. The number of aliphatic imine (C=N–C) groups is 1. The van der Waals surface area contributed by atoms with Crippen LogP contribution in [0.25, 0.3) is 5.70 Å². The lowest BCUT2D eigenvalue weighted by Gasteiger charge is -2.04. The molecule has 0 saturated heterocycles. The molecule has 0 bridgehead atoms. The van der Waals surface area contributed by atoms with Crippen LogP contribution in [0.1, 0.15) is 19.5 Å². The predicted molar refractivity (Wildman–Crippen MR) is 88.6 cm³/mol. The van der Waals surface area contributed by atoms with Gasteiger partial charge in [-0.25, -0.2) is 4.99 Å². The van der Waals surface area contributed by atoms with Crippen LogP contribution < -0.4 is 0 Å². The summed E-state index contributed by atoms with van der Waals surface area (Å²) >= 11 is 0. The van der Waals surface area contributed by atoms with Crippen molar-refractivity contribution in [2.45, 2.75) is 13.8 Å². The van der Waals surface area contributed by atoms with Crippen LogP contribution in [0.15, 0.2) is 84.6 Å². The van der Waals surface area contributed by atoms with E-state index in [2.05, 4.69) is 23.1 Å². The van der Waals surface area contributed by atoms with Crippen molar-refractivity contribution >= 4 is 11.4 Å². The average Bonchev–Trinajstić information content (AvgIpc) is 2.49. The van der Waals surface area contributed by atoms with Gasteiger partial charge in [0.2, 0.25) is 0 Å². The Hall–Kier alpha value is -2.48. The molecular weight excluding hydrogens is 244 g/mol. The second-order valence-electron chi connectivity index (χ2n) is 4.06. The minimum atomic E-state index is 0.831. The molecule has 20 heavy (non-hydrogen) atoms. The van der Waals surface area contributed by atoms with Crippen molar-refractivity contribution in [2.24, 2.45) is 4.99 Å². The fourth-order valence-corrected chi connectivity index (χ4v) is 1.57. The van der Waals surface area contributed by atoms with E-state index in [-0.39, 0.29) is 0 Å². The summed E-state index contributed by atoms with van der Waals surface area (Å²) in [6.45, 7) is 11.4. The third kappa shape index (κ3) is 4.65. The van der Waals surface area contributed by atoms with Gasteiger partial charge in [-0.15, -0.1) is 0 Å². The minimum absolute atomic E-state index is 0.831. The zero-order valence-corrected chi connectivity index (χ0v) is 12.1. The highest BCUT2D eigenvalue weighted by Gasteiger charge is 2.02. The van der Waals surface area contributed by atoms with Gasteiger partial charge >= 0.3 is 0 Å². The molecule has 102 valence electrons. The Kier molecular flexibility index (Phi) is 6.69. The largest absolute Gasteiger partial charge is 0.255 e. The first-order valence-corrected chi connectivity index (χ1v) is 6.48. The number of hydrogen-bond donors (Lipinski definition) is 0. The molecular formula is C18H20N2. The van der Waals surface area contributed by atoms with Crippen molar-refractivity contribution in [3.05, 3.63) is 85.3 Å². The van der Waals surface area contributed by atoms with E-state index in [0.717, 1.165) is 22.7 Å². The Morgan fingerprint density at radius 1 is 1.25 bits per heavy atom. The van der Waals surface area contributed by atoms with Crippen molar-refractivity contribution in [1.29, 1.82) is 0 Å². The van der Waals surface area contributed by atoms with Crippen LogP contribution in [0.5, 0.6) is 0 Å². The molecule has 1 rings (SSSR count). The first kappa shape index (κ1) is 15.6. The first-order valence-electron chi connectivity index (χ1n) is 6.48. The zero-order chi connectivity index (χ0) is 14.8. The summed E-state index contributed by atoms with van der Waals surface area (Å²) in [6, 6.07) is 5.78.